The molecule has 0 saturated carbocycles. The number of hydrogen-bond acceptors (Lipinski definition) is 4. The van der Waals surface area contributed by atoms with Gasteiger partial charge >= 0.3 is 0 Å². The molecule has 29 heavy (non-hydrogen) atoms. The molecule has 2 aromatic heterocycles. The molecule has 0 fully saturated rings. The summed E-state index contributed by atoms with van der Waals surface area (Å²) in [6.07, 6.45) is 3.00. The summed E-state index contributed by atoms with van der Waals surface area (Å²) in [5.41, 5.74) is 3.04. The third-order valence-electron chi connectivity index (χ3n) is 4.71. The van der Waals surface area contributed by atoms with Crippen LogP contribution in [0.3, 0.4) is 0 Å². The van der Waals surface area contributed by atoms with Crippen LogP contribution in [-0.4, -0.2) is 22.0 Å². The van der Waals surface area contributed by atoms with Crippen LogP contribution < -0.4 is 5.32 Å². The van der Waals surface area contributed by atoms with Crippen molar-refractivity contribution >= 4 is 39.9 Å². The van der Waals surface area contributed by atoms with Gasteiger partial charge in [-0.2, -0.15) is 0 Å². The van der Waals surface area contributed by atoms with E-state index in [4.69, 9.17) is 0 Å². The van der Waals surface area contributed by atoms with Gasteiger partial charge in [0.2, 0.25) is 0 Å². The molecule has 0 unspecified atom stereocenters. The third-order valence-corrected chi connectivity index (χ3v) is 6.58. The maximum Gasteiger partial charge on any atom is 0.251 e. The van der Waals surface area contributed by atoms with Gasteiger partial charge < -0.3 is 9.88 Å². The molecule has 0 saturated heterocycles. The van der Waals surface area contributed by atoms with Crippen molar-refractivity contribution in [3.05, 3.63) is 82.4 Å². The molecule has 0 spiro atoms. The van der Waals surface area contributed by atoms with Crippen LogP contribution in [0.1, 0.15) is 27.5 Å². The summed E-state index contributed by atoms with van der Waals surface area (Å²) in [4.78, 5) is 18.0. The highest BCUT2D eigenvalue weighted by molar-refractivity contribution is 7.98. The van der Waals surface area contributed by atoms with Gasteiger partial charge in [0.25, 0.3) is 5.91 Å². The minimum absolute atomic E-state index is 0.0194. The lowest BCUT2D eigenvalue weighted by molar-refractivity contribution is 0.0952. The van der Waals surface area contributed by atoms with Gasteiger partial charge in [-0.15, -0.1) is 23.1 Å². The normalized spacial score (nSPS) is 11.1. The fraction of sp³-hybridized carbons (Fsp3) is 0.217. The Hall–Kier alpha value is -2.57. The number of thiazole rings is 1. The first-order valence-electron chi connectivity index (χ1n) is 9.65. The van der Waals surface area contributed by atoms with E-state index < -0.39 is 0 Å². The zero-order valence-corrected chi connectivity index (χ0v) is 17.9. The summed E-state index contributed by atoms with van der Waals surface area (Å²) in [5, 5.41) is 7.46. The van der Waals surface area contributed by atoms with Crippen molar-refractivity contribution < 1.29 is 4.79 Å². The van der Waals surface area contributed by atoms with Gasteiger partial charge in [0, 0.05) is 46.4 Å². The molecule has 0 aliphatic rings. The number of aromatic nitrogens is 2. The first kappa shape index (κ1) is 19.7. The number of nitrogens with one attached hydrogen (secondary N) is 1. The number of para-hydroxylation sites is 1. The number of aryl methyl sites for hydroxylation is 2. The summed E-state index contributed by atoms with van der Waals surface area (Å²) in [6.45, 7) is 3.57. The van der Waals surface area contributed by atoms with Crippen LogP contribution in [0.25, 0.3) is 10.9 Å². The van der Waals surface area contributed by atoms with Crippen LogP contribution in [-0.2, 0) is 12.3 Å². The van der Waals surface area contributed by atoms with Gasteiger partial charge in [0.1, 0.15) is 0 Å². The number of nitrogens with zero attached hydrogens (tertiary/aromatic N) is 2. The molecule has 0 bridgehead atoms. The predicted molar refractivity (Wildman–Crippen MR) is 122 cm³/mol. The minimum atomic E-state index is -0.0194. The van der Waals surface area contributed by atoms with E-state index in [1.165, 1.54) is 10.9 Å². The van der Waals surface area contributed by atoms with E-state index in [2.05, 4.69) is 56.8 Å². The average Bonchev–Trinajstić information content (AvgIpc) is 3.36. The molecule has 2 aromatic carbocycles. The van der Waals surface area contributed by atoms with E-state index in [9.17, 15) is 4.79 Å². The Morgan fingerprint density at radius 3 is 2.76 bits per heavy atom. The fourth-order valence-electron chi connectivity index (χ4n) is 3.22. The number of amides is 1. The Labute approximate surface area is 179 Å². The minimum Gasteiger partial charge on any atom is -0.352 e. The SMILES string of the molecule is Cc1nc(CSc2ccc(C(=O)NCCCn3ccc4ccccc43)cc2)cs1. The maximum atomic E-state index is 12.4. The number of carbonyl (C=O) groups is 1. The molecule has 4 nitrogen and oxygen atoms in total. The molecular weight excluding hydrogens is 398 g/mol. The van der Waals surface area contributed by atoms with Crippen molar-refractivity contribution in [2.24, 2.45) is 0 Å². The van der Waals surface area contributed by atoms with Gasteiger partial charge in [0.15, 0.2) is 0 Å². The molecule has 0 aliphatic carbocycles. The zero-order valence-electron chi connectivity index (χ0n) is 16.3. The lowest BCUT2D eigenvalue weighted by Crippen LogP contribution is -2.25. The lowest BCUT2D eigenvalue weighted by Gasteiger charge is -2.08. The largest absolute Gasteiger partial charge is 0.352 e. The van der Waals surface area contributed by atoms with Crippen molar-refractivity contribution in [2.45, 2.75) is 30.5 Å². The molecule has 4 rings (SSSR count). The van der Waals surface area contributed by atoms with Gasteiger partial charge in [0.05, 0.1) is 10.7 Å². The van der Waals surface area contributed by atoms with Gasteiger partial charge in [-0.05, 0) is 55.1 Å². The Kier molecular flexibility index (Phi) is 6.32. The van der Waals surface area contributed by atoms with E-state index in [1.807, 2.05) is 31.2 Å². The lowest BCUT2D eigenvalue weighted by atomic mass is 10.2. The van der Waals surface area contributed by atoms with Crippen LogP contribution in [0, 0.1) is 6.92 Å². The molecular formula is C23H23N3OS2. The van der Waals surface area contributed by atoms with Crippen LogP contribution in [0.15, 0.2) is 71.1 Å². The quantitative estimate of drug-likeness (QED) is 0.301. The summed E-state index contributed by atoms with van der Waals surface area (Å²) in [6, 6.07) is 18.3. The van der Waals surface area contributed by atoms with E-state index in [-0.39, 0.29) is 5.91 Å². The van der Waals surface area contributed by atoms with Crippen LogP contribution in [0.2, 0.25) is 0 Å². The molecule has 2 heterocycles. The second kappa shape index (κ2) is 9.29. The number of rotatable bonds is 8. The summed E-state index contributed by atoms with van der Waals surface area (Å²) in [5.74, 6) is 0.832. The highest BCUT2D eigenvalue weighted by Crippen LogP contribution is 2.24. The van der Waals surface area contributed by atoms with Crippen molar-refractivity contribution in [3.8, 4) is 0 Å². The van der Waals surface area contributed by atoms with E-state index in [1.54, 1.807) is 23.1 Å². The Bertz CT molecular complexity index is 1100. The first-order chi connectivity index (χ1) is 14.2. The first-order valence-corrected chi connectivity index (χ1v) is 11.5. The van der Waals surface area contributed by atoms with Crippen molar-refractivity contribution in [3.63, 3.8) is 0 Å². The number of carbonyl (C=O) groups excluding carboxylic acids is 1. The van der Waals surface area contributed by atoms with Crippen LogP contribution >= 0.6 is 23.1 Å². The zero-order chi connectivity index (χ0) is 20.1. The smallest absolute Gasteiger partial charge is 0.251 e. The Balaban J connectivity index is 1.23. The molecule has 0 aliphatic heterocycles. The fourth-order valence-corrected chi connectivity index (χ4v) is 4.73. The van der Waals surface area contributed by atoms with Gasteiger partial charge in [-0.3, -0.25) is 4.79 Å². The molecule has 148 valence electrons. The van der Waals surface area contributed by atoms with E-state index in [0.717, 1.165) is 34.3 Å². The Morgan fingerprint density at radius 1 is 1.14 bits per heavy atom. The summed E-state index contributed by atoms with van der Waals surface area (Å²) in [7, 11) is 0. The summed E-state index contributed by atoms with van der Waals surface area (Å²) >= 11 is 3.41. The van der Waals surface area contributed by atoms with Gasteiger partial charge in [-0.25, -0.2) is 4.98 Å². The summed E-state index contributed by atoms with van der Waals surface area (Å²) < 4.78 is 2.23. The predicted octanol–water partition coefficient (Wildman–Crippen LogP) is 5.52. The van der Waals surface area contributed by atoms with Crippen LogP contribution in [0.5, 0.6) is 0 Å². The molecule has 4 aromatic rings. The molecule has 1 amide bonds. The topological polar surface area (TPSA) is 46.9 Å². The number of benzene rings is 2. The Morgan fingerprint density at radius 2 is 1.97 bits per heavy atom. The second-order valence-corrected chi connectivity index (χ2v) is 8.96. The van der Waals surface area contributed by atoms with Crippen LogP contribution in [0.4, 0.5) is 0 Å². The molecule has 0 radical (unpaired) electrons. The highest BCUT2D eigenvalue weighted by Gasteiger charge is 2.06. The van der Waals surface area contributed by atoms with E-state index in [0.29, 0.717) is 12.1 Å². The average molecular weight is 422 g/mol. The number of thioether (sulfide) groups is 1. The van der Waals surface area contributed by atoms with E-state index >= 15 is 0 Å². The van der Waals surface area contributed by atoms with Crippen molar-refractivity contribution in [1.29, 1.82) is 0 Å². The highest BCUT2D eigenvalue weighted by atomic mass is 32.2. The number of hydrogen-bond donors (Lipinski definition) is 1. The van der Waals surface area contributed by atoms with Gasteiger partial charge in [-0.1, -0.05) is 18.2 Å². The van der Waals surface area contributed by atoms with Crippen molar-refractivity contribution in [1.82, 2.24) is 14.9 Å². The third kappa shape index (κ3) is 5.08. The molecule has 1 N–H and O–H groups in total. The molecule has 0 atom stereocenters. The maximum absolute atomic E-state index is 12.4. The molecule has 6 heteroatoms. The standard InChI is InChI=1S/C23H23N3OS2/c1-17-25-20(15-28-17)16-29-21-9-7-19(8-10-21)23(27)24-12-4-13-26-14-11-18-5-2-3-6-22(18)26/h2-3,5-11,14-15H,4,12-13,16H2,1H3,(H,24,27). The van der Waals surface area contributed by atoms with Crippen molar-refractivity contribution in [2.75, 3.05) is 6.54 Å². The second-order valence-electron chi connectivity index (χ2n) is 6.85. The monoisotopic (exact) mass is 421 g/mol. The number of fused-ring (bicyclic) bond motifs is 1.